The van der Waals surface area contributed by atoms with E-state index in [1.165, 1.54) is 4.90 Å². The van der Waals surface area contributed by atoms with Crippen LogP contribution in [0.25, 0.3) is 0 Å². The third-order valence-corrected chi connectivity index (χ3v) is 6.98. The third kappa shape index (κ3) is 4.12. The molecule has 3 rings (SSSR count). The summed E-state index contributed by atoms with van der Waals surface area (Å²) < 4.78 is 23.2. The van der Waals surface area contributed by atoms with Gasteiger partial charge in [0.15, 0.2) is 9.84 Å². The molecule has 1 atom stereocenters. The zero-order chi connectivity index (χ0) is 18.0. The minimum atomic E-state index is -3.01. The number of likely N-dealkylation sites (N-methyl/N-ethyl adjacent to an activating group) is 1. The molecule has 0 N–H and O–H groups in total. The number of aromatic nitrogens is 1. The second-order valence-electron chi connectivity index (χ2n) is 6.80. The topological polar surface area (TPSA) is 73.8 Å². The van der Waals surface area contributed by atoms with E-state index in [-0.39, 0.29) is 23.5 Å². The lowest BCUT2D eigenvalue weighted by Gasteiger charge is -2.35. The number of piperazine rings is 1. The second-order valence-corrected chi connectivity index (χ2v) is 9.02. The number of hydrogen-bond acceptors (Lipinski definition) is 6. The first-order valence-electron chi connectivity index (χ1n) is 8.80. The van der Waals surface area contributed by atoms with Crippen molar-refractivity contribution in [2.24, 2.45) is 0 Å². The van der Waals surface area contributed by atoms with Gasteiger partial charge in [0.1, 0.15) is 5.69 Å². The van der Waals surface area contributed by atoms with Crippen molar-refractivity contribution >= 4 is 21.4 Å². The van der Waals surface area contributed by atoms with Crippen LogP contribution in [0.1, 0.15) is 23.8 Å². The molecule has 7 nitrogen and oxygen atoms in total. The van der Waals surface area contributed by atoms with Crippen molar-refractivity contribution in [3.05, 3.63) is 24.0 Å². The van der Waals surface area contributed by atoms with Crippen molar-refractivity contribution < 1.29 is 13.2 Å². The fourth-order valence-corrected chi connectivity index (χ4v) is 5.22. The average molecular weight is 366 g/mol. The molecule has 1 aromatic rings. The highest BCUT2D eigenvalue weighted by Gasteiger charge is 2.33. The third-order valence-electron chi connectivity index (χ3n) is 5.23. The summed E-state index contributed by atoms with van der Waals surface area (Å²) >= 11 is 0. The first kappa shape index (κ1) is 18.1. The summed E-state index contributed by atoms with van der Waals surface area (Å²) in [7, 11) is -1.35. The quantitative estimate of drug-likeness (QED) is 0.772. The van der Waals surface area contributed by atoms with E-state index < -0.39 is 9.84 Å². The Kier molecular flexibility index (Phi) is 5.29. The summed E-state index contributed by atoms with van der Waals surface area (Å²) in [4.78, 5) is 23.1. The van der Waals surface area contributed by atoms with Crippen molar-refractivity contribution in [2.45, 2.75) is 19.4 Å². The molecule has 0 aromatic carbocycles. The van der Waals surface area contributed by atoms with Gasteiger partial charge in [-0.25, -0.2) is 13.4 Å². The fourth-order valence-electron chi connectivity index (χ4n) is 3.45. The molecular weight excluding hydrogens is 340 g/mol. The smallest absolute Gasteiger partial charge is 0.272 e. The minimum absolute atomic E-state index is 0.0506. The van der Waals surface area contributed by atoms with E-state index in [0.717, 1.165) is 38.4 Å². The summed E-state index contributed by atoms with van der Waals surface area (Å²) in [5.74, 6) is -0.00935. The Balaban J connectivity index is 1.63. The molecular formula is C17H26N4O3S. The predicted octanol–water partition coefficient (Wildman–Crippen LogP) is 0.483. The van der Waals surface area contributed by atoms with Crippen LogP contribution in [0.2, 0.25) is 0 Å². The molecule has 1 aromatic heterocycles. The van der Waals surface area contributed by atoms with Crippen LogP contribution in [0.3, 0.4) is 0 Å². The SMILES string of the molecule is CCN1CCN(c2ccc(C(=O)N(C)C3CCS(=O)(=O)C3)nc2)CC1. The van der Waals surface area contributed by atoms with E-state index in [0.29, 0.717) is 12.1 Å². The lowest BCUT2D eigenvalue weighted by molar-refractivity contribution is 0.0742. The number of carbonyl (C=O) groups excluding carboxylic acids is 1. The van der Waals surface area contributed by atoms with Crippen LogP contribution in [0, 0.1) is 0 Å². The van der Waals surface area contributed by atoms with Gasteiger partial charge in [0.25, 0.3) is 5.91 Å². The summed E-state index contributed by atoms with van der Waals surface area (Å²) in [5.41, 5.74) is 1.39. The van der Waals surface area contributed by atoms with Gasteiger partial charge in [-0.05, 0) is 25.1 Å². The zero-order valence-corrected chi connectivity index (χ0v) is 15.7. The van der Waals surface area contributed by atoms with Gasteiger partial charge in [0.2, 0.25) is 0 Å². The van der Waals surface area contributed by atoms with Gasteiger partial charge < -0.3 is 14.7 Å². The van der Waals surface area contributed by atoms with Crippen LogP contribution < -0.4 is 4.90 Å². The van der Waals surface area contributed by atoms with E-state index >= 15 is 0 Å². The van der Waals surface area contributed by atoms with E-state index in [1.54, 1.807) is 19.3 Å². The van der Waals surface area contributed by atoms with Gasteiger partial charge in [-0.15, -0.1) is 0 Å². The Labute approximate surface area is 149 Å². The number of nitrogens with zero attached hydrogens (tertiary/aromatic N) is 4. The number of carbonyl (C=O) groups is 1. The molecule has 2 saturated heterocycles. The highest BCUT2D eigenvalue weighted by atomic mass is 32.2. The average Bonchev–Trinajstić information content (AvgIpc) is 3.00. The molecule has 138 valence electrons. The van der Waals surface area contributed by atoms with E-state index in [4.69, 9.17) is 0 Å². The minimum Gasteiger partial charge on any atom is -0.368 e. The summed E-state index contributed by atoms with van der Waals surface area (Å²) in [6.45, 7) is 7.24. The molecule has 0 bridgehead atoms. The first-order valence-corrected chi connectivity index (χ1v) is 10.6. The van der Waals surface area contributed by atoms with Gasteiger partial charge >= 0.3 is 0 Å². The lowest BCUT2D eigenvalue weighted by Crippen LogP contribution is -2.46. The molecule has 1 unspecified atom stereocenters. The Morgan fingerprint density at radius 2 is 2.00 bits per heavy atom. The standard InChI is InChI=1S/C17H26N4O3S/c1-3-20-7-9-21(10-8-20)14-4-5-16(18-12-14)17(22)19(2)15-6-11-25(23,24)13-15/h4-5,12,15H,3,6-11,13H2,1-2H3. The Bertz CT molecular complexity index is 712. The van der Waals surface area contributed by atoms with Crippen LogP contribution in [0.4, 0.5) is 5.69 Å². The Hall–Kier alpha value is -1.67. The first-order chi connectivity index (χ1) is 11.9. The van der Waals surface area contributed by atoms with Gasteiger partial charge in [-0.3, -0.25) is 4.79 Å². The number of anilines is 1. The monoisotopic (exact) mass is 366 g/mol. The van der Waals surface area contributed by atoms with Gasteiger partial charge in [0, 0.05) is 39.3 Å². The van der Waals surface area contributed by atoms with Crippen LogP contribution in [0.5, 0.6) is 0 Å². The van der Waals surface area contributed by atoms with Crippen LogP contribution in [0.15, 0.2) is 18.3 Å². The highest BCUT2D eigenvalue weighted by molar-refractivity contribution is 7.91. The van der Waals surface area contributed by atoms with E-state index in [2.05, 4.69) is 21.7 Å². The van der Waals surface area contributed by atoms with Crippen molar-refractivity contribution in [3.63, 3.8) is 0 Å². The Morgan fingerprint density at radius 1 is 1.28 bits per heavy atom. The van der Waals surface area contributed by atoms with Gasteiger partial charge in [-0.2, -0.15) is 0 Å². The lowest BCUT2D eigenvalue weighted by atomic mass is 10.2. The number of pyridine rings is 1. The maximum absolute atomic E-state index is 12.6. The van der Waals surface area contributed by atoms with E-state index in [1.807, 2.05) is 6.07 Å². The van der Waals surface area contributed by atoms with Crippen LogP contribution in [-0.2, 0) is 9.84 Å². The highest BCUT2D eigenvalue weighted by Crippen LogP contribution is 2.20. The van der Waals surface area contributed by atoms with Crippen molar-refractivity contribution in [3.8, 4) is 0 Å². The molecule has 25 heavy (non-hydrogen) atoms. The van der Waals surface area contributed by atoms with Crippen molar-refractivity contribution in [1.29, 1.82) is 0 Å². The maximum Gasteiger partial charge on any atom is 0.272 e. The molecule has 0 aliphatic carbocycles. The predicted molar refractivity (Wildman–Crippen MR) is 97.7 cm³/mol. The zero-order valence-electron chi connectivity index (χ0n) is 14.9. The molecule has 0 spiro atoms. The number of hydrogen-bond donors (Lipinski definition) is 0. The van der Waals surface area contributed by atoms with Crippen LogP contribution >= 0.6 is 0 Å². The number of rotatable bonds is 4. The molecule has 8 heteroatoms. The second kappa shape index (κ2) is 7.29. The Morgan fingerprint density at radius 3 is 2.52 bits per heavy atom. The fraction of sp³-hybridized carbons (Fsp3) is 0.647. The van der Waals surface area contributed by atoms with Crippen LogP contribution in [-0.4, -0.2) is 86.4 Å². The summed E-state index contributed by atoms with van der Waals surface area (Å²) in [6, 6.07) is 3.42. The largest absolute Gasteiger partial charge is 0.368 e. The van der Waals surface area contributed by atoms with Crippen molar-refractivity contribution in [2.75, 3.05) is 56.2 Å². The molecule has 1 amide bonds. The molecule has 2 fully saturated rings. The summed E-state index contributed by atoms with van der Waals surface area (Å²) in [6.07, 6.45) is 2.25. The molecule has 0 saturated carbocycles. The molecule has 3 heterocycles. The van der Waals surface area contributed by atoms with Gasteiger partial charge in [-0.1, -0.05) is 6.92 Å². The normalized spacial score (nSPS) is 23.6. The van der Waals surface area contributed by atoms with Gasteiger partial charge in [0.05, 0.1) is 23.4 Å². The molecule has 2 aliphatic rings. The molecule has 0 radical (unpaired) electrons. The summed E-state index contributed by atoms with van der Waals surface area (Å²) in [5, 5.41) is 0. The number of amides is 1. The maximum atomic E-state index is 12.6. The van der Waals surface area contributed by atoms with E-state index in [9.17, 15) is 13.2 Å². The number of sulfone groups is 1. The van der Waals surface area contributed by atoms with Crippen molar-refractivity contribution in [1.82, 2.24) is 14.8 Å². The molecule has 2 aliphatic heterocycles.